The molecular formula is C21H16N4O3. The lowest BCUT2D eigenvalue weighted by Crippen LogP contribution is -2.11. The summed E-state index contributed by atoms with van der Waals surface area (Å²) in [4.78, 5) is 30.6. The summed E-state index contributed by atoms with van der Waals surface area (Å²) < 4.78 is 0. The molecule has 0 atom stereocenters. The van der Waals surface area contributed by atoms with Gasteiger partial charge in [0.25, 0.3) is 11.6 Å². The molecule has 0 bridgehead atoms. The first-order valence-corrected chi connectivity index (χ1v) is 8.62. The van der Waals surface area contributed by atoms with Crippen LogP contribution in [0.5, 0.6) is 0 Å². The second kappa shape index (κ2) is 6.96. The average molecular weight is 372 g/mol. The number of hydrogen-bond donors (Lipinski definition) is 2. The molecule has 1 heterocycles. The lowest BCUT2D eigenvalue weighted by molar-refractivity contribution is -0.384. The summed E-state index contributed by atoms with van der Waals surface area (Å²) in [5, 5.41) is 13.5. The van der Waals surface area contributed by atoms with Crippen LogP contribution in [0.3, 0.4) is 0 Å². The molecule has 0 aliphatic rings. The Morgan fingerprint density at radius 3 is 2.61 bits per heavy atom. The van der Waals surface area contributed by atoms with Crippen molar-refractivity contribution in [3.63, 3.8) is 0 Å². The third-order valence-corrected chi connectivity index (χ3v) is 4.37. The molecule has 1 aromatic heterocycles. The number of carbonyl (C=O) groups is 1. The number of anilines is 1. The molecule has 28 heavy (non-hydrogen) atoms. The number of benzene rings is 3. The van der Waals surface area contributed by atoms with Crippen molar-refractivity contribution in [1.82, 2.24) is 9.97 Å². The van der Waals surface area contributed by atoms with E-state index in [4.69, 9.17) is 0 Å². The second-order valence-corrected chi connectivity index (χ2v) is 6.44. The SMILES string of the molecule is Cc1ccc2nc(-c3ccc(C(=O)Nc4cccc([N+](=O)[O-])c4)cc3)[nH]c2c1. The lowest BCUT2D eigenvalue weighted by Gasteiger charge is -2.06. The molecule has 0 aliphatic heterocycles. The molecule has 138 valence electrons. The van der Waals surface area contributed by atoms with Gasteiger partial charge in [-0.05, 0) is 42.8 Å². The summed E-state index contributed by atoms with van der Waals surface area (Å²) in [5.74, 6) is 0.388. The molecule has 0 saturated heterocycles. The summed E-state index contributed by atoms with van der Waals surface area (Å²) >= 11 is 0. The monoisotopic (exact) mass is 372 g/mol. The summed E-state index contributed by atoms with van der Waals surface area (Å²) in [6, 6.07) is 18.9. The fourth-order valence-electron chi connectivity index (χ4n) is 2.94. The number of amides is 1. The number of non-ortho nitro benzene ring substituents is 1. The van der Waals surface area contributed by atoms with Crippen molar-refractivity contribution in [2.75, 3.05) is 5.32 Å². The molecule has 1 amide bonds. The van der Waals surface area contributed by atoms with Crippen molar-refractivity contribution < 1.29 is 9.72 Å². The molecule has 0 saturated carbocycles. The van der Waals surface area contributed by atoms with Crippen LogP contribution in [0.2, 0.25) is 0 Å². The molecule has 0 radical (unpaired) electrons. The van der Waals surface area contributed by atoms with E-state index in [-0.39, 0.29) is 11.6 Å². The Balaban J connectivity index is 1.54. The highest BCUT2D eigenvalue weighted by Crippen LogP contribution is 2.22. The molecule has 0 aliphatic carbocycles. The van der Waals surface area contributed by atoms with Gasteiger partial charge in [0.2, 0.25) is 0 Å². The van der Waals surface area contributed by atoms with E-state index in [1.165, 1.54) is 18.2 Å². The van der Waals surface area contributed by atoms with Crippen LogP contribution in [-0.2, 0) is 0 Å². The quantitative estimate of drug-likeness (QED) is 0.400. The number of carbonyl (C=O) groups excluding carboxylic acids is 1. The number of fused-ring (bicyclic) bond motifs is 1. The van der Waals surface area contributed by atoms with Crippen LogP contribution < -0.4 is 5.32 Å². The number of aryl methyl sites for hydroxylation is 1. The molecule has 7 nitrogen and oxygen atoms in total. The molecule has 0 unspecified atom stereocenters. The third-order valence-electron chi connectivity index (χ3n) is 4.37. The number of imidazole rings is 1. The normalized spacial score (nSPS) is 10.8. The van der Waals surface area contributed by atoms with E-state index in [1.807, 2.05) is 37.3 Å². The van der Waals surface area contributed by atoms with Gasteiger partial charge in [0.1, 0.15) is 5.82 Å². The van der Waals surface area contributed by atoms with Gasteiger partial charge in [-0.2, -0.15) is 0 Å². The number of H-pyrrole nitrogens is 1. The van der Waals surface area contributed by atoms with Crippen LogP contribution in [0.15, 0.2) is 66.7 Å². The molecule has 4 aromatic rings. The van der Waals surface area contributed by atoms with Gasteiger partial charge in [0, 0.05) is 28.9 Å². The first kappa shape index (κ1) is 17.4. The van der Waals surface area contributed by atoms with Gasteiger partial charge >= 0.3 is 0 Å². The van der Waals surface area contributed by atoms with Crippen molar-refractivity contribution in [3.8, 4) is 11.4 Å². The standard InChI is InChI=1S/C21H16N4O3/c1-13-5-10-18-19(11-13)24-20(23-18)14-6-8-15(9-7-14)21(26)22-16-3-2-4-17(12-16)25(27)28/h2-12H,1H3,(H,22,26)(H,23,24). The third kappa shape index (κ3) is 3.45. The zero-order valence-electron chi connectivity index (χ0n) is 15.0. The number of aromatic amines is 1. The maximum Gasteiger partial charge on any atom is 0.271 e. The first-order valence-electron chi connectivity index (χ1n) is 8.62. The van der Waals surface area contributed by atoms with Crippen molar-refractivity contribution >= 4 is 28.3 Å². The Bertz CT molecular complexity index is 1200. The van der Waals surface area contributed by atoms with E-state index in [0.717, 1.165) is 28.0 Å². The second-order valence-electron chi connectivity index (χ2n) is 6.44. The van der Waals surface area contributed by atoms with Crippen LogP contribution in [0.4, 0.5) is 11.4 Å². The van der Waals surface area contributed by atoms with Crippen molar-refractivity contribution in [2.24, 2.45) is 0 Å². The number of nitrogens with zero attached hydrogens (tertiary/aromatic N) is 2. The number of rotatable bonds is 4. The number of hydrogen-bond acceptors (Lipinski definition) is 4. The first-order chi connectivity index (χ1) is 13.5. The highest BCUT2D eigenvalue weighted by atomic mass is 16.6. The fourth-order valence-corrected chi connectivity index (χ4v) is 2.94. The van der Waals surface area contributed by atoms with Crippen molar-refractivity contribution in [1.29, 1.82) is 0 Å². The maximum absolute atomic E-state index is 12.4. The predicted octanol–water partition coefficient (Wildman–Crippen LogP) is 4.70. The van der Waals surface area contributed by atoms with Gasteiger partial charge in [-0.3, -0.25) is 14.9 Å². The minimum Gasteiger partial charge on any atom is -0.338 e. The summed E-state index contributed by atoms with van der Waals surface area (Å²) in [7, 11) is 0. The predicted molar refractivity (Wildman–Crippen MR) is 107 cm³/mol. The van der Waals surface area contributed by atoms with Crippen LogP contribution >= 0.6 is 0 Å². The largest absolute Gasteiger partial charge is 0.338 e. The van der Waals surface area contributed by atoms with E-state index in [1.54, 1.807) is 18.2 Å². The Kier molecular flexibility index (Phi) is 4.33. The highest BCUT2D eigenvalue weighted by molar-refractivity contribution is 6.04. The van der Waals surface area contributed by atoms with Gasteiger partial charge in [-0.25, -0.2) is 4.98 Å². The number of aromatic nitrogens is 2. The van der Waals surface area contributed by atoms with Gasteiger partial charge in [0.15, 0.2) is 0 Å². The van der Waals surface area contributed by atoms with Crippen LogP contribution in [0, 0.1) is 17.0 Å². The van der Waals surface area contributed by atoms with E-state index >= 15 is 0 Å². The molecule has 0 spiro atoms. The van der Waals surface area contributed by atoms with Crippen molar-refractivity contribution in [2.45, 2.75) is 6.92 Å². The van der Waals surface area contributed by atoms with Gasteiger partial charge < -0.3 is 10.3 Å². The smallest absolute Gasteiger partial charge is 0.271 e. The lowest BCUT2D eigenvalue weighted by atomic mass is 10.1. The molecule has 7 heteroatoms. The van der Waals surface area contributed by atoms with Crippen LogP contribution in [-0.4, -0.2) is 20.8 Å². The molecule has 3 aromatic carbocycles. The number of nitro benzene ring substituents is 1. The molecule has 2 N–H and O–H groups in total. The van der Waals surface area contributed by atoms with Gasteiger partial charge in [0.05, 0.1) is 16.0 Å². The zero-order valence-corrected chi connectivity index (χ0v) is 15.0. The highest BCUT2D eigenvalue weighted by Gasteiger charge is 2.11. The molecular weight excluding hydrogens is 356 g/mol. The Morgan fingerprint density at radius 1 is 1.07 bits per heavy atom. The minimum atomic E-state index is -0.501. The number of nitrogens with one attached hydrogen (secondary N) is 2. The average Bonchev–Trinajstić information content (AvgIpc) is 3.11. The zero-order chi connectivity index (χ0) is 19.7. The topological polar surface area (TPSA) is 101 Å². The summed E-state index contributed by atoms with van der Waals surface area (Å²) in [6.07, 6.45) is 0. The Labute approximate surface area is 160 Å². The maximum atomic E-state index is 12.4. The summed E-state index contributed by atoms with van der Waals surface area (Å²) in [5.41, 5.74) is 4.60. The van der Waals surface area contributed by atoms with Gasteiger partial charge in [-0.15, -0.1) is 0 Å². The van der Waals surface area contributed by atoms with E-state index < -0.39 is 4.92 Å². The van der Waals surface area contributed by atoms with Crippen LogP contribution in [0.1, 0.15) is 15.9 Å². The van der Waals surface area contributed by atoms with Crippen LogP contribution in [0.25, 0.3) is 22.4 Å². The van der Waals surface area contributed by atoms with E-state index in [2.05, 4.69) is 15.3 Å². The van der Waals surface area contributed by atoms with E-state index in [9.17, 15) is 14.9 Å². The molecule has 0 fully saturated rings. The summed E-state index contributed by atoms with van der Waals surface area (Å²) in [6.45, 7) is 2.02. The Morgan fingerprint density at radius 2 is 1.86 bits per heavy atom. The van der Waals surface area contributed by atoms with Gasteiger partial charge in [-0.1, -0.05) is 24.3 Å². The molecule has 4 rings (SSSR count). The Hall–Kier alpha value is -4.00. The fraction of sp³-hybridized carbons (Fsp3) is 0.0476. The minimum absolute atomic E-state index is 0.0757. The van der Waals surface area contributed by atoms with Crippen molar-refractivity contribution in [3.05, 3.63) is 88.0 Å². The van der Waals surface area contributed by atoms with E-state index in [0.29, 0.717) is 11.3 Å². The number of nitro groups is 1.